The van der Waals surface area contributed by atoms with Crippen LogP contribution in [0.25, 0.3) is 0 Å². The van der Waals surface area contributed by atoms with Crippen molar-refractivity contribution in [3.8, 4) is 0 Å². The van der Waals surface area contributed by atoms with Crippen LogP contribution in [-0.2, 0) is 0 Å². The number of carbonyl (C=O) groups is 4. The van der Waals surface area contributed by atoms with Gasteiger partial charge in [0.2, 0.25) is 0 Å². The third-order valence-electron chi connectivity index (χ3n) is 4.94. The highest BCUT2D eigenvalue weighted by Gasteiger charge is 2.40. The number of amides is 4. The maximum absolute atomic E-state index is 12.4. The van der Waals surface area contributed by atoms with E-state index in [9.17, 15) is 29.4 Å². The highest BCUT2D eigenvalue weighted by atomic mass is 16.3. The van der Waals surface area contributed by atoms with E-state index in [1.54, 1.807) is 24.3 Å². The zero-order valence-corrected chi connectivity index (χ0v) is 14.6. The first-order valence-corrected chi connectivity index (χ1v) is 8.66. The fraction of sp³-hybridized carbons (Fsp3) is 0.200. The first kappa shape index (κ1) is 18.0. The van der Waals surface area contributed by atoms with Crippen molar-refractivity contribution in [3.63, 3.8) is 0 Å². The molecule has 2 aromatic rings. The molecule has 2 aliphatic rings. The van der Waals surface area contributed by atoms with Crippen molar-refractivity contribution < 1.29 is 29.4 Å². The van der Waals surface area contributed by atoms with E-state index in [4.69, 9.17) is 0 Å². The van der Waals surface area contributed by atoms with Crippen molar-refractivity contribution >= 4 is 23.6 Å². The summed E-state index contributed by atoms with van der Waals surface area (Å²) in [7, 11) is 0. The quantitative estimate of drug-likeness (QED) is 0.721. The van der Waals surface area contributed by atoms with Crippen LogP contribution < -0.4 is 0 Å². The van der Waals surface area contributed by atoms with Crippen molar-refractivity contribution in [2.45, 2.75) is 12.2 Å². The first-order chi connectivity index (χ1) is 13.4. The molecule has 28 heavy (non-hydrogen) atoms. The largest absolute Gasteiger partial charge is 0.388 e. The molecule has 2 unspecified atom stereocenters. The predicted molar refractivity (Wildman–Crippen MR) is 95.6 cm³/mol. The van der Waals surface area contributed by atoms with Gasteiger partial charge < -0.3 is 10.2 Å². The van der Waals surface area contributed by atoms with E-state index < -0.39 is 48.9 Å². The summed E-state index contributed by atoms with van der Waals surface area (Å²) in [5.41, 5.74) is 0.924. The standard InChI is InChI=1S/C20H16N2O6/c23-15(9-21-17(25)11-5-1-2-6-12(11)18(21)26)16(24)10-22-19(27)13-7-3-4-8-14(13)20(22)28/h1-8,15-16,23-24H,9-10H2. The Kier molecular flexibility index (Phi) is 4.29. The number of aliphatic hydroxyl groups excluding tert-OH is 2. The molecule has 2 atom stereocenters. The molecular formula is C20H16N2O6. The molecule has 0 saturated heterocycles. The molecule has 0 aromatic heterocycles. The monoisotopic (exact) mass is 380 g/mol. The van der Waals surface area contributed by atoms with Gasteiger partial charge in [-0.1, -0.05) is 24.3 Å². The molecule has 2 aliphatic heterocycles. The fourth-order valence-electron chi connectivity index (χ4n) is 3.43. The SMILES string of the molecule is O=C1c2ccccc2C(=O)N1CC(O)C(O)CN1C(=O)c2ccccc2C1=O. The summed E-state index contributed by atoms with van der Waals surface area (Å²) < 4.78 is 0. The lowest BCUT2D eigenvalue weighted by Gasteiger charge is -2.25. The van der Waals surface area contributed by atoms with Gasteiger partial charge in [0.25, 0.3) is 23.6 Å². The van der Waals surface area contributed by atoms with Crippen molar-refractivity contribution in [2.75, 3.05) is 13.1 Å². The molecule has 4 amide bonds. The summed E-state index contributed by atoms with van der Waals surface area (Å²) in [6.45, 7) is -0.895. The number of nitrogens with zero attached hydrogens (tertiary/aromatic N) is 2. The van der Waals surface area contributed by atoms with E-state index in [0.717, 1.165) is 9.80 Å². The number of hydrogen-bond donors (Lipinski definition) is 2. The minimum atomic E-state index is -1.52. The molecular weight excluding hydrogens is 364 g/mol. The van der Waals surface area contributed by atoms with E-state index in [1.807, 2.05) is 0 Å². The normalized spacial score (nSPS) is 17.8. The molecule has 0 fully saturated rings. The molecule has 0 radical (unpaired) electrons. The zero-order valence-electron chi connectivity index (χ0n) is 14.6. The third-order valence-corrected chi connectivity index (χ3v) is 4.94. The van der Waals surface area contributed by atoms with Crippen molar-refractivity contribution in [1.29, 1.82) is 0 Å². The molecule has 8 nitrogen and oxygen atoms in total. The lowest BCUT2D eigenvalue weighted by atomic mass is 10.1. The van der Waals surface area contributed by atoms with Crippen LogP contribution in [0.3, 0.4) is 0 Å². The average molecular weight is 380 g/mol. The summed E-state index contributed by atoms with van der Waals surface area (Å²) in [5.74, 6) is -2.25. The van der Waals surface area contributed by atoms with Gasteiger partial charge in [0.15, 0.2) is 0 Å². The Balaban J connectivity index is 1.45. The molecule has 0 aliphatic carbocycles. The molecule has 8 heteroatoms. The summed E-state index contributed by atoms with van der Waals surface area (Å²) in [6.07, 6.45) is -3.04. The Hall–Kier alpha value is -3.36. The van der Waals surface area contributed by atoms with Gasteiger partial charge >= 0.3 is 0 Å². The van der Waals surface area contributed by atoms with Crippen LogP contribution in [0.2, 0.25) is 0 Å². The van der Waals surface area contributed by atoms with Crippen LogP contribution in [-0.4, -0.2) is 68.9 Å². The highest BCUT2D eigenvalue weighted by Crippen LogP contribution is 2.25. The van der Waals surface area contributed by atoms with Crippen LogP contribution in [0.15, 0.2) is 48.5 Å². The number of aliphatic hydroxyl groups is 2. The molecule has 0 saturated carbocycles. The minimum absolute atomic E-state index is 0.231. The Labute approximate surface area is 159 Å². The molecule has 2 heterocycles. The van der Waals surface area contributed by atoms with E-state index >= 15 is 0 Å². The fourth-order valence-corrected chi connectivity index (χ4v) is 3.43. The van der Waals surface area contributed by atoms with Crippen molar-refractivity contribution in [3.05, 3.63) is 70.8 Å². The smallest absolute Gasteiger partial charge is 0.261 e. The van der Waals surface area contributed by atoms with E-state index in [-0.39, 0.29) is 22.3 Å². The van der Waals surface area contributed by atoms with E-state index in [2.05, 4.69) is 0 Å². The Bertz CT molecular complexity index is 866. The van der Waals surface area contributed by atoms with Gasteiger partial charge in [-0.25, -0.2) is 0 Å². The number of fused-ring (bicyclic) bond motifs is 2. The molecule has 4 rings (SSSR count). The Morgan fingerprint density at radius 3 is 1.07 bits per heavy atom. The summed E-state index contributed by atoms with van der Waals surface area (Å²) in [6, 6.07) is 12.5. The number of carbonyl (C=O) groups excluding carboxylic acids is 4. The topological polar surface area (TPSA) is 115 Å². The highest BCUT2D eigenvalue weighted by molar-refractivity contribution is 6.22. The molecule has 2 aromatic carbocycles. The summed E-state index contributed by atoms with van der Waals surface area (Å²) in [5, 5.41) is 20.6. The zero-order chi connectivity index (χ0) is 20.0. The van der Waals surface area contributed by atoms with Gasteiger partial charge in [-0.3, -0.25) is 29.0 Å². The molecule has 142 valence electrons. The van der Waals surface area contributed by atoms with Crippen LogP contribution in [0.5, 0.6) is 0 Å². The van der Waals surface area contributed by atoms with Crippen LogP contribution in [0.4, 0.5) is 0 Å². The first-order valence-electron chi connectivity index (χ1n) is 8.66. The van der Waals surface area contributed by atoms with Gasteiger partial charge in [-0.15, -0.1) is 0 Å². The average Bonchev–Trinajstić information content (AvgIpc) is 3.09. The Morgan fingerprint density at radius 1 is 0.571 bits per heavy atom. The number of hydrogen-bond acceptors (Lipinski definition) is 6. The van der Waals surface area contributed by atoms with Gasteiger partial charge in [0, 0.05) is 0 Å². The third kappa shape index (κ3) is 2.70. The van der Waals surface area contributed by atoms with Gasteiger partial charge in [0.1, 0.15) is 0 Å². The van der Waals surface area contributed by atoms with Crippen LogP contribution in [0, 0.1) is 0 Å². The minimum Gasteiger partial charge on any atom is -0.388 e. The second-order valence-electron chi connectivity index (χ2n) is 6.67. The van der Waals surface area contributed by atoms with Gasteiger partial charge in [-0.2, -0.15) is 0 Å². The van der Waals surface area contributed by atoms with Crippen molar-refractivity contribution in [2.24, 2.45) is 0 Å². The number of β-amino-alcohol motifs (C(OH)–C–C–N with tert-alkyl or cyclic N) is 2. The molecule has 0 spiro atoms. The van der Waals surface area contributed by atoms with Crippen molar-refractivity contribution in [1.82, 2.24) is 9.80 Å². The number of benzene rings is 2. The maximum atomic E-state index is 12.4. The van der Waals surface area contributed by atoms with Crippen LogP contribution in [0.1, 0.15) is 41.4 Å². The second-order valence-corrected chi connectivity index (χ2v) is 6.67. The maximum Gasteiger partial charge on any atom is 0.261 e. The second kappa shape index (κ2) is 6.66. The number of imide groups is 2. The summed E-state index contributed by atoms with van der Waals surface area (Å²) >= 11 is 0. The predicted octanol–water partition coefficient (Wildman–Crippen LogP) is 0.301. The van der Waals surface area contributed by atoms with Gasteiger partial charge in [-0.05, 0) is 24.3 Å². The van der Waals surface area contributed by atoms with E-state index in [1.165, 1.54) is 24.3 Å². The van der Waals surface area contributed by atoms with Crippen LogP contribution >= 0.6 is 0 Å². The molecule has 0 bridgehead atoms. The lowest BCUT2D eigenvalue weighted by molar-refractivity contribution is -0.00986. The van der Waals surface area contributed by atoms with Gasteiger partial charge in [0.05, 0.1) is 47.6 Å². The Morgan fingerprint density at radius 2 is 0.821 bits per heavy atom. The number of rotatable bonds is 5. The summed E-state index contributed by atoms with van der Waals surface area (Å²) in [4.78, 5) is 51.1. The van der Waals surface area contributed by atoms with E-state index in [0.29, 0.717) is 0 Å². The lowest BCUT2D eigenvalue weighted by Crippen LogP contribution is -2.47. The molecule has 2 N–H and O–H groups in total.